The number of carboxylic acids is 1. The van der Waals surface area contributed by atoms with E-state index in [0.29, 0.717) is 12.1 Å². The third kappa shape index (κ3) is 5.28. The van der Waals surface area contributed by atoms with Gasteiger partial charge in [0.05, 0.1) is 12.0 Å². The smallest absolute Gasteiger partial charge is 0.306 e. The fourth-order valence-electron chi connectivity index (χ4n) is 5.75. The summed E-state index contributed by atoms with van der Waals surface area (Å²) < 4.78 is 6.36. The van der Waals surface area contributed by atoms with Crippen molar-refractivity contribution in [3.8, 4) is 5.75 Å². The topological polar surface area (TPSA) is 49.8 Å². The number of carbonyl (C=O) groups is 1. The number of likely N-dealkylation sites (tertiary alicyclic amines) is 1. The molecule has 1 aliphatic heterocycles. The fraction of sp³-hybridized carbons (Fsp3) is 0.607. The SMILES string of the molecule is CCC(c1ccc2cc(OC3CCC(C(C)C)CC3)ccc2c1)N1CCC(C(=O)O)CC1. The molecule has 2 aromatic rings. The van der Waals surface area contributed by atoms with E-state index in [-0.39, 0.29) is 5.92 Å². The van der Waals surface area contributed by atoms with Gasteiger partial charge in [0, 0.05) is 6.04 Å². The lowest BCUT2D eigenvalue weighted by molar-refractivity contribution is -0.143. The van der Waals surface area contributed by atoms with Crippen LogP contribution in [-0.2, 0) is 4.79 Å². The number of rotatable bonds is 7. The zero-order valence-corrected chi connectivity index (χ0v) is 19.9. The first-order chi connectivity index (χ1) is 15.4. The zero-order valence-electron chi connectivity index (χ0n) is 19.9. The maximum absolute atomic E-state index is 11.3. The highest BCUT2D eigenvalue weighted by molar-refractivity contribution is 5.84. The molecule has 1 atom stereocenters. The average Bonchev–Trinajstić information content (AvgIpc) is 2.80. The second-order valence-electron chi connectivity index (χ2n) is 10.2. The van der Waals surface area contributed by atoms with Crippen molar-refractivity contribution in [2.75, 3.05) is 13.1 Å². The summed E-state index contributed by atoms with van der Waals surface area (Å²) in [6.07, 6.45) is 7.76. The Balaban J connectivity index is 1.41. The highest BCUT2D eigenvalue weighted by Gasteiger charge is 2.28. The van der Waals surface area contributed by atoms with Gasteiger partial charge in [-0.3, -0.25) is 9.69 Å². The maximum atomic E-state index is 11.3. The van der Waals surface area contributed by atoms with Gasteiger partial charge in [0.25, 0.3) is 0 Å². The lowest BCUT2D eigenvalue weighted by Gasteiger charge is -2.36. The molecule has 2 aromatic carbocycles. The van der Waals surface area contributed by atoms with Crippen LogP contribution in [0.1, 0.15) is 77.3 Å². The van der Waals surface area contributed by atoms with Crippen molar-refractivity contribution in [1.82, 2.24) is 4.90 Å². The molecule has 4 rings (SSSR count). The summed E-state index contributed by atoms with van der Waals surface area (Å²) in [7, 11) is 0. The van der Waals surface area contributed by atoms with Crippen LogP contribution in [0.15, 0.2) is 36.4 Å². The van der Waals surface area contributed by atoms with Gasteiger partial charge in [0.2, 0.25) is 0 Å². The van der Waals surface area contributed by atoms with E-state index in [0.717, 1.165) is 62.8 Å². The summed E-state index contributed by atoms with van der Waals surface area (Å²) in [5.41, 5.74) is 1.33. The number of hydrogen-bond donors (Lipinski definition) is 1. The maximum Gasteiger partial charge on any atom is 0.306 e. The Morgan fingerprint density at radius 2 is 1.66 bits per heavy atom. The number of fused-ring (bicyclic) bond motifs is 1. The molecular formula is C28H39NO3. The Morgan fingerprint density at radius 1 is 1.00 bits per heavy atom. The van der Waals surface area contributed by atoms with Gasteiger partial charge in [0.15, 0.2) is 0 Å². The lowest BCUT2D eigenvalue weighted by Crippen LogP contribution is -2.38. The third-order valence-corrected chi connectivity index (χ3v) is 7.89. The van der Waals surface area contributed by atoms with Gasteiger partial charge in [-0.1, -0.05) is 39.0 Å². The Bertz CT molecular complexity index is 908. The van der Waals surface area contributed by atoms with Crippen molar-refractivity contribution < 1.29 is 14.6 Å². The van der Waals surface area contributed by atoms with E-state index in [2.05, 4.69) is 62.1 Å². The molecule has 1 N–H and O–H groups in total. The van der Waals surface area contributed by atoms with Crippen molar-refractivity contribution in [3.63, 3.8) is 0 Å². The van der Waals surface area contributed by atoms with E-state index in [1.165, 1.54) is 29.2 Å². The Kier molecular flexibility index (Phi) is 7.40. The molecule has 0 spiro atoms. The fourth-order valence-corrected chi connectivity index (χ4v) is 5.75. The predicted molar refractivity (Wildman–Crippen MR) is 130 cm³/mol. The normalized spacial score (nSPS) is 24.0. The number of benzene rings is 2. The average molecular weight is 438 g/mol. The van der Waals surface area contributed by atoms with E-state index in [1.807, 2.05) is 0 Å². The highest BCUT2D eigenvalue weighted by atomic mass is 16.5. The molecule has 1 saturated carbocycles. The molecule has 174 valence electrons. The summed E-state index contributed by atoms with van der Waals surface area (Å²) in [6, 6.07) is 13.6. The Morgan fingerprint density at radius 3 is 2.28 bits per heavy atom. The monoisotopic (exact) mass is 437 g/mol. The molecule has 2 aliphatic rings. The van der Waals surface area contributed by atoms with Crippen molar-refractivity contribution in [3.05, 3.63) is 42.0 Å². The molecule has 4 nitrogen and oxygen atoms in total. The van der Waals surface area contributed by atoms with Crippen LogP contribution in [0.3, 0.4) is 0 Å². The second kappa shape index (κ2) is 10.2. The first kappa shape index (κ1) is 23.1. The highest BCUT2D eigenvalue weighted by Crippen LogP contribution is 2.34. The molecule has 2 fully saturated rings. The zero-order chi connectivity index (χ0) is 22.7. The van der Waals surface area contributed by atoms with E-state index < -0.39 is 5.97 Å². The standard InChI is InChI=1S/C28H39NO3/c1-4-27(29-15-13-21(14-16-29)28(30)31)24-6-5-23-18-26(12-9-22(23)17-24)32-25-10-7-20(8-11-25)19(2)3/h5-6,9,12,17-21,25,27H,4,7-8,10-11,13-16H2,1-3H3,(H,30,31). The second-order valence-corrected chi connectivity index (χ2v) is 10.2. The van der Waals surface area contributed by atoms with Gasteiger partial charge in [-0.2, -0.15) is 0 Å². The molecule has 0 bridgehead atoms. The van der Waals surface area contributed by atoms with Gasteiger partial charge in [-0.05, 0) is 104 Å². The Hall–Kier alpha value is -2.07. The van der Waals surface area contributed by atoms with Crippen LogP contribution in [0, 0.1) is 17.8 Å². The van der Waals surface area contributed by atoms with Crippen LogP contribution in [-0.4, -0.2) is 35.2 Å². The largest absolute Gasteiger partial charge is 0.490 e. The molecule has 1 aliphatic carbocycles. The number of piperidine rings is 1. The van der Waals surface area contributed by atoms with Gasteiger partial charge in [-0.15, -0.1) is 0 Å². The van der Waals surface area contributed by atoms with Crippen molar-refractivity contribution in [2.24, 2.45) is 17.8 Å². The number of nitrogens with zero attached hydrogens (tertiary/aromatic N) is 1. The minimum Gasteiger partial charge on any atom is -0.490 e. The minimum atomic E-state index is -0.644. The lowest BCUT2D eigenvalue weighted by atomic mass is 9.80. The quantitative estimate of drug-likeness (QED) is 0.525. The summed E-state index contributed by atoms with van der Waals surface area (Å²) in [4.78, 5) is 13.7. The van der Waals surface area contributed by atoms with Gasteiger partial charge in [-0.25, -0.2) is 0 Å². The van der Waals surface area contributed by atoms with Gasteiger partial charge >= 0.3 is 5.97 Å². The summed E-state index contributed by atoms with van der Waals surface area (Å²) >= 11 is 0. The summed E-state index contributed by atoms with van der Waals surface area (Å²) in [5.74, 6) is 1.79. The molecule has 0 aromatic heterocycles. The molecular weight excluding hydrogens is 398 g/mol. The van der Waals surface area contributed by atoms with Crippen molar-refractivity contribution >= 4 is 16.7 Å². The van der Waals surface area contributed by atoms with Crippen LogP contribution in [0.2, 0.25) is 0 Å². The molecule has 1 heterocycles. The predicted octanol–water partition coefficient (Wildman–Crippen LogP) is 6.68. The van der Waals surface area contributed by atoms with Gasteiger partial charge in [0.1, 0.15) is 5.75 Å². The minimum absolute atomic E-state index is 0.181. The number of carboxylic acid groups (broad SMARTS) is 1. The number of hydrogen-bond acceptors (Lipinski definition) is 3. The van der Waals surface area contributed by atoms with Crippen LogP contribution < -0.4 is 4.74 Å². The summed E-state index contributed by atoms with van der Waals surface area (Å²) in [5, 5.41) is 11.8. The number of ether oxygens (including phenoxy) is 1. The first-order valence-electron chi connectivity index (χ1n) is 12.6. The molecule has 1 unspecified atom stereocenters. The van der Waals surface area contributed by atoms with Crippen LogP contribution in [0.4, 0.5) is 0 Å². The van der Waals surface area contributed by atoms with Crippen LogP contribution >= 0.6 is 0 Å². The third-order valence-electron chi connectivity index (χ3n) is 7.89. The number of aliphatic carboxylic acids is 1. The molecule has 32 heavy (non-hydrogen) atoms. The van der Waals surface area contributed by atoms with E-state index in [1.54, 1.807) is 0 Å². The van der Waals surface area contributed by atoms with Crippen molar-refractivity contribution in [2.45, 2.75) is 77.9 Å². The van der Waals surface area contributed by atoms with E-state index in [9.17, 15) is 9.90 Å². The molecule has 4 heteroatoms. The molecule has 0 radical (unpaired) electrons. The first-order valence-corrected chi connectivity index (χ1v) is 12.6. The van der Waals surface area contributed by atoms with Crippen molar-refractivity contribution in [1.29, 1.82) is 0 Å². The van der Waals surface area contributed by atoms with E-state index >= 15 is 0 Å². The van der Waals surface area contributed by atoms with Crippen LogP contribution in [0.25, 0.3) is 10.8 Å². The Labute approximate surface area is 192 Å². The molecule has 1 saturated heterocycles. The molecule has 0 amide bonds. The van der Waals surface area contributed by atoms with E-state index in [4.69, 9.17) is 4.74 Å². The van der Waals surface area contributed by atoms with Crippen LogP contribution in [0.5, 0.6) is 5.75 Å². The summed E-state index contributed by atoms with van der Waals surface area (Å²) in [6.45, 7) is 8.62. The van der Waals surface area contributed by atoms with Gasteiger partial charge < -0.3 is 9.84 Å².